The highest BCUT2D eigenvalue weighted by Gasteiger charge is 2.15. The van der Waals surface area contributed by atoms with E-state index in [0.717, 1.165) is 10.9 Å². The van der Waals surface area contributed by atoms with Crippen LogP contribution < -0.4 is 5.32 Å². The number of aromatic hydroxyl groups is 1. The van der Waals surface area contributed by atoms with E-state index in [1.807, 2.05) is 75.4 Å². The lowest BCUT2D eigenvalue weighted by Gasteiger charge is -2.13. The van der Waals surface area contributed by atoms with Crippen LogP contribution in [0.1, 0.15) is 29.8 Å². The topological polar surface area (TPSA) is 128 Å². The largest absolute Gasteiger partial charge is 0.505 e. The van der Waals surface area contributed by atoms with Gasteiger partial charge in [-0.25, -0.2) is 0 Å². The van der Waals surface area contributed by atoms with Crippen molar-refractivity contribution in [2.45, 2.75) is 20.8 Å². The van der Waals surface area contributed by atoms with Crippen molar-refractivity contribution < 1.29 is 22.9 Å². The van der Waals surface area contributed by atoms with Gasteiger partial charge < -0.3 is 10.4 Å². The number of phenolic OH excluding ortho intramolecular Hbond substituents is 1. The molecule has 188 valence electrons. The highest BCUT2D eigenvalue weighted by atomic mass is 32.2. The number of nitrogens with zero attached hydrogens (tertiary/aromatic N) is 2. The molecule has 4 rings (SSSR count). The number of phenols is 1. The maximum atomic E-state index is 12.6. The highest BCUT2D eigenvalue weighted by molar-refractivity contribution is 7.85. The summed E-state index contributed by atoms with van der Waals surface area (Å²) in [6.45, 7) is 5.87. The van der Waals surface area contributed by atoms with Crippen molar-refractivity contribution in [3.63, 3.8) is 0 Å². The molecular formula is C27H29N3O5S. The van der Waals surface area contributed by atoms with Crippen LogP contribution in [0.15, 0.2) is 95.2 Å². The molecule has 0 unspecified atom stereocenters. The maximum Gasteiger partial charge on any atom is 0.261 e. The number of anilines is 1. The molecule has 0 aromatic heterocycles. The Morgan fingerprint density at radius 3 is 2.00 bits per heavy atom. The fraction of sp³-hybridized carbons (Fsp3) is 0.148. The third kappa shape index (κ3) is 8.30. The summed E-state index contributed by atoms with van der Waals surface area (Å²) in [5.74, 6) is -0.255. The monoisotopic (exact) mass is 507 g/mol. The fourth-order valence-electron chi connectivity index (χ4n) is 3.18. The summed E-state index contributed by atoms with van der Waals surface area (Å²) in [4.78, 5) is 12.6. The van der Waals surface area contributed by atoms with Crippen molar-refractivity contribution in [2.75, 3.05) is 11.6 Å². The van der Waals surface area contributed by atoms with Crippen molar-refractivity contribution in [3.05, 3.63) is 96.1 Å². The first-order chi connectivity index (χ1) is 17.1. The predicted octanol–water partition coefficient (Wildman–Crippen LogP) is 7.05. The van der Waals surface area contributed by atoms with Gasteiger partial charge in [0.25, 0.3) is 16.0 Å². The number of hydrogen-bond acceptors (Lipinski definition) is 6. The van der Waals surface area contributed by atoms with E-state index in [0.29, 0.717) is 34.3 Å². The molecule has 0 saturated carbocycles. The molecule has 0 fully saturated rings. The van der Waals surface area contributed by atoms with Gasteiger partial charge in [-0.05, 0) is 54.3 Å². The van der Waals surface area contributed by atoms with Gasteiger partial charge in [-0.2, -0.15) is 13.5 Å². The van der Waals surface area contributed by atoms with E-state index >= 15 is 0 Å². The summed E-state index contributed by atoms with van der Waals surface area (Å²) >= 11 is 0. The van der Waals surface area contributed by atoms with E-state index in [9.17, 15) is 18.3 Å². The van der Waals surface area contributed by atoms with Crippen molar-refractivity contribution >= 4 is 43.9 Å². The second-order valence-electron chi connectivity index (χ2n) is 7.38. The Labute approximate surface area is 211 Å². The van der Waals surface area contributed by atoms with Gasteiger partial charge in [0.05, 0.1) is 17.6 Å². The van der Waals surface area contributed by atoms with E-state index in [1.54, 1.807) is 30.3 Å². The van der Waals surface area contributed by atoms with E-state index < -0.39 is 10.1 Å². The number of rotatable bonds is 4. The first-order valence-corrected chi connectivity index (χ1v) is 13.0. The number of amides is 1. The number of hydrogen-bond donors (Lipinski definition) is 3. The van der Waals surface area contributed by atoms with Crippen LogP contribution >= 0.6 is 0 Å². The van der Waals surface area contributed by atoms with Crippen LogP contribution in [0.25, 0.3) is 10.8 Å². The first kappa shape index (κ1) is 28.2. The predicted molar refractivity (Wildman–Crippen MR) is 144 cm³/mol. The van der Waals surface area contributed by atoms with Crippen LogP contribution in [-0.2, 0) is 10.1 Å². The Kier molecular flexibility index (Phi) is 10.3. The molecule has 0 aliphatic carbocycles. The Hall–Kier alpha value is -4.08. The molecule has 3 N–H and O–H groups in total. The molecule has 1 amide bonds. The third-order valence-corrected chi connectivity index (χ3v) is 4.61. The van der Waals surface area contributed by atoms with E-state index in [1.165, 1.54) is 0 Å². The Bertz CT molecular complexity index is 1430. The second kappa shape index (κ2) is 13.1. The summed E-state index contributed by atoms with van der Waals surface area (Å²) in [6.07, 6.45) is 0.715. The smallest absolute Gasteiger partial charge is 0.261 e. The number of benzene rings is 4. The average Bonchev–Trinajstić information content (AvgIpc) is 2.85. The van der Waals surface area contributed by atoms with Gasteiger partial charge in [-0.1, -0.05) is 62.4 Å². The summed E-state index contributed by atoms with van der Waals surface area (Å²) in [6, 6.07) is 25.7. The van der Waals surface area contributed by atoms with E-state index in [-0.39, 0.29) is 11.7 Å². The van der Waals surface area contributed by atoms with Gasteiger partial charge >= 0.3 is 0 Å². The summed E-state index contributed by atoms with van der Waals surface area (Å²) in [5, 5.41) is 23.7. The zero-order chi connectivity index (χ0) is 26.7. The quantitative estimate of drug-likeness (QED) is 0.201. The summed E-state index contributed by atoms with van der Waals surface area (Å²) < 4.78 is 25.9. The molecular weight excluding hydrogens is 478 g/mol. The first-order valence-electron chi connectivity index (χ1n) is 11.1. The van der Waals surface area contributed by atoms with Crippen molar-refractivity contribution in [2.24, 2.45) is 10.2 Å². The van der Waals surface area contributed by atoms with E-state index in [4.69, 9.17) is 4.55 Å². The lowest BCUT2D eigenvalue weighted by atomic mass is 10.0. The zero-order valence-corrected chi connectivity index (χ0v) is 21.3. The molecule has 4 aromatic carbocycles. The van der Waals surface area contributed by atoms with Crippen LogP contribution in [0.5, 0.6) is 5.75 Å². The Balaban J connectivity index is 0.000000583. The standard InChI is InChI=1S/C24H19N3O2.C2H6.CH4O3S/c1-16-15-18-11-8-14-20(25-24(29)17-9-4-2-5-10-17)21(18)23(28)22(16)27-26-19-12-6-3-7-13-19;1-2;1-5(2,3)4/h2-15,28H,1H3,(H,25,29);1-2H3;1H3,(H,2,3,4). The fourth-order valence-corrected chi connectivity index (χ4v) is 3.18. The van der Waals surface area contributed by atoms with Crippen molar-refractivity contribution in [1.29, 1.82) is 0 Å². The molecule has 8 nitrogen and oxygen atoms in total. The third-order valence-electron chi connectivity index (χ3n) is 4.61. The Morgan fingerprint density at radius 2 is 1.42 bits per heavy atom. The normalized spacial score (nSPS) is 10.7. The molecule has 36 heavy (non-hydrogen) atoms. The van der Waals surface area contributed by atoms with Gasteiger partial charge in [0.1, 0.15) is 5.69 Å². The molecule has 0 heterocycles. The Morgan fingerprint density at radius 1 is 0.861 bits per heavy atom. The minimum atomic E-state index is -3.67. The van der Waals surface area contributed by atoms with Crippen molar-refractivity contribution in [3.8, 4) is 5.75 Å². The number of carbonyl (C=O) groups excluding carboxylic acids is 1. The summed E-state index contributed by atoms with van der Waals surface area (Å²) in [5.41, 5.74) is 2.92. The zero-order valence-electron chi connectivity index (χ0n) is 20.5. The van der Waals surface area contributed by atoms with Crippen LogP contribution in [0, 0.1) is 6.92 Å². The van der Waals surface area contributed by atoms with Gasteiger partial charge in [0.15, 0.2) is 5.75 Å². The lowest BCUT2D eigenvalue weighted by Crippen LogP contribution is -2.11. The van der Waals surface area contributed by atoms with Crippen LogP contribution in [0.4, 0.5) is 17.1 Å². The molecule has 0 saturated heterocycles. The number of aryl methyl sites for hydroxylation is 1. The van der Waals surface area contributed by atoms with Gasteiger partial charge in [-0.15, -0.1) is 5.11 Å². The number of fused-ring (bicyclic) bond motifs is 1. The molecule has 0 aliphatic heterocycles. The minimum absolute atomic E-state index is 0.0105. The average molecular weight is 508 g/mol. The van der Waals surface area contributed by atoms with Gasteiger partial charge in [0.2, 0.25) is 0 Å². The molecule has 0 aliphatic rings. The summed E-state index contributed by atoms with van der Waals surface area (Å²) in [7, 11) is -3.67. The molecule has 0 atom stereocenters. The van der Waals surface area contributed by atoms with Crippen molar-refractivity contribution in [1.82, 2.24) is 0 Å². The molecule has 0 spiro atoms. The number of nitrogens with one attached hydrogen (secondary N) is 1. The highest BCUT2D eigenvalue weighted by Crippen LogP contribution is 2.42. The SMILES string of the molecule is CC.CS(=O)(=O)O.Cc1cc2cccc(NC(=O)c3ccccc3)c2c(O)c1N=Nc1ccccc1. The van der Waals surface area contributed by atoms with E-state index in [2.05, 4.69) is 15.5 Å². The molecule has 9 heteroatoms. The van der Waals surface area contributed by atoms with Gasteiger partial charge in [0, 0.05) is 10.9 Å². The number of carbonyl (C=O) groups is 1. The van der Waals surface area contributed by atoms with Gasteiger partial charge in [-0.3, -0.25) is 9.35 Å². The minimum Gasteiger partial charge on any atom is -0.505 e. The molecule has 0 bridgehead atoms. The molecule has 4 aromatic rings. The second-order valence-corrected chi connectivity index (χ2v) is 8.85. The van der Waals surface area contributed by atoms with Crippen LogP contribution in [0.3, 0.4) is 0 Å². The van der Waals surface area contributed by atoms with Crippen LogP contribution in [-0.4, -0.2) is 30.2 Å². The lowest BCUT2D eigenvalue weighted by molar-refractivity contribution is 0.102. The van der Waals surface area contributed by atoms with Crippen LogP contribution in [0.2, 0.25) is 0 Å². The maximum absolute atomic E-state index is 12.6. The number of azo groups is 1. The molecule has 0 radical (unpaired) electrons.